The predicted molar refractivity (Wildman–Crippen MR) is 80.4 cm³/mol. The Morgan fingerprint density at radius 2 is 2.11 bits per heavy atom. The Morgan fingerprint density at radius 1 is 1.21 bits per heavy atom. The van der Waals surface area contributed by atoms with Gasteiger partial charge in [-0.25, -0.2) is 0 Å². The lowest BCUT2D eigenvalue weighted by Gasteiger charge is -2.23. The van der Waals surface area contributed by atoms with Gasteiger partial charge in [-0.3, -0.25) is 4.90 Å². The fraction of sp³-hybridized carbons (Fsp3) is 0.647. The quantitative estimate of drug-likeness (QED) is 0.873. The number of fused-ring (bicyclic) bond motifs is 1. The molecule has 2 heteroatoms. The minimum Gasteiger partial charge on any atom is -0.311 e. The summed E-state index contributed by atoms with van der Waals surface area (Å²) in [7, 11) is 0. The molecule has 1 atom stereocenters. The minimum atomic E-state index is 0.763. The number of likely N-dealkylation sites (N-methyl/N-ethyl adjacent to an activating group) is 1. The summed E-state index contributed by atoms with van der Waals surface area (Å²) in [5.74, 6) is 0. The molecule has 104 valence electrons. The van der Waals surface area contributed by atoms with Crippen LogP contribution in [0.5, 0.6) is 0 Å². The van der Waals surface area contributed by atoms with Crippen molar-refractivity contribution in [3.8, 4) is 0 Å². The van der Waals surface area contributed by atoms with Gasteiger partial charge in [0.2, 0.25) is 0 Å². The van der Waals surface area contributed by atoms with Crippen molar-refractivity contribution >= 4 is 0 Å². The molecule has 0 saturated carbocycles. The van der Waals surface area contributed by atoms with Gasteiger partial charge in [0, 0.05) is 19.1 Å². The lowest BCUT2D eigenvalue weighted by Crippen LogP contribution is -2.37. The lowest BCUT2D eigenvalue weighted by molar-refractivity contribution is 0.260. The Labute approximate surface area is 117 Å². The van der Waals surface area contributed by atoms with Gasteiger partial charge < -0.3 is 5.32 Å². The van der Waals surface area contributed by atoms with Crippen LogP contribution in [-0.2, 0) is 19.4 Å². The van der Waals surface area contributed by atoms with Crippen LogP contribution < -0.4 is 5.32 Å². The van der Waals surface area contributed by atoms with Crippen molar-refractivity contribution in [2.24, 2.45) is 0 Å². The van der Waals surface area contributed by atoms with Crippen LogP contribution >= 0.6 is 0 Å². The second kappa shape index (κ2) is 6.06. The maximum Gasteiger partial charge on any atom is 0.0221 e. The predicted octanol–water partition coefficient (Wildman–Crippen LogP) is 2.75. The highest BCUT2D eigenvalue weighted by molar-refractivity contribution is 5.35. The van der Waals surface area contributed by atoms with E-state index >= 15 is 0 Å². The summed E-state index contributed by atoms with van der Waals surface area (Å²) in [6, 6.07) is 7.83. The third-order valence-corrected chi connectivity index (χ3v) is 4.78. The maximum atomic E-state index is 3.66. The van der Waals surface area contributed by atoms with Crippen LogP contribution in [0.4, 0.5) is 0 Å². The molecule has 1 saturated heterocycles. The molecule has 1 heterocycles. The van der Waals surface area contributed by atoms with E-state index in [4.69, 9.17) is 0 Å². The largest absolute Gasteiger partial charge is 0.311 e. The Hall–Kier alpha value is -0.860. The van der Waals surface area contributed by atoms with Crippen LogP contribution in [0.1, 0.15) is 42.9 Å². The zero-order valence-electron chi connectivity index (χ0n) is 12.1. The smallest absolute Gasteiger partial charge is 0.0221 e. The normalized spacial score (nSPS) is 22.9. The van der Waals surface area contributed by atoms with E-state index < -0.39 is 0 Å². The molecule has 1 aliphatic carbocycles. The number of aryl methyl sites for hydroxylation is 2. The maximum absolute atomic E-state index is 3.66. The van der Waals surface area contributed by atoms with Crippen LogP contribution in [0.2, 0.25) is 0 Å². The highest BCUT2D eigenvalue weighted by atomic mass is 15.2. The van der Waals surface area contributed by atoms with E-state index in [2.05, 4.69) is 35.3 Å². The summed E-state index contributed by atoms with van der Waals surface area (Å²) in [4.78, 5) is 2.61. The topological polar surface area (TPSA) is 15.3 Å². The highest BCUT2D eigenvalue weighted by Crippen LogP contribution is 2.22. The van der Waals surface area contributed by atoms with Crippen molar-refractivity contribution in [2.45, 2.75) is 51.6 Å². The Balaban J connectivity index is 1.50. The SMILES string of the molecule is CCN1CCCC1CNCc1ccc2c(c1)CCC2. The molecule has 1 aliphatic heterocycles. The summed E-state index contributed by atoms with van der Waals surface area (Å²) < 4.78 is 0. The Kier molecular flexibility index (Phi) is 4.19. The number of nitrogens with one attached hydrogen (secondary N) is 1. The zero-order valence-corrected chi connectivity index (χ0v) is 12.1. The van der Waals surface area contributed by atoms with Gasteiger partial charge in [-0.2, -0.15) is 0 Å². The van der Waals surface area contributed by atoms with Crippen LogP contribution in [-0.4, -0.2) is 30.6 Å². The van der Waals surface area contributed by atoms with Gasteiger partial charge in [0.1, 0.15) is 0 Å². The second-order valence-electron chi connectivity index (χ2n) is 6.01. The first-order chi connectivity index (χ1) is 9.36. The minimum absolute atomic E-state index is 0.763. The number of rotatable bonds is 5. The van der Waals surface area contributed by atoms with Crippen molar-refractivity contribution < 1.29 is 0 Å². The second-order valence-corrected chi connectivity index (χ2v) is 6.01. The molecule has 1 N–H and O–H groups in total. The third-order valence-electron chi connectivity index (χ3n) is 4.78. The van der Waals surface area contributed by atoms with Crippen LogP contribution in [0.15, 0.2) is 18.2 Å². The van der Waals surface area contributed by atoms with E-state index in [1.54, 1.807) is 11.1 Å². The van der Waals surface area contributed by atoms with Gasteiger partial charge in [0.25, 0.3) is 0 Å². The third kappa shape index (κ3) is 3.01. The fourth-order valence-corrected chi connectivity index (χ4v) is 3.66. The van der Waals surface area contributed by atoms with E-state index in [1.165, 1.54) is 50.8 Å². The monoisotopic (exact) mass is 258 g/mol. The van der Waals surface area contributed by atoms with Gasteiger partial charge in [0.05, 0.1) is 0 Å². The van der Waals surface area contributed by atoms with Crippen molar-refractivity contribution in [1.82, 2.24) is 10.2 Å². The van der Waals surface area contributed by atoms with Crippen LogP contribution in [0.3, 0.4) is 0 Å². The molecule has 2 aliphatic rings. The standard InChI is InChI=1S/C17H26N2/c1-2-19-10-4-7-17(19)13-18-12-14-8-9-15-5-3-6-16(15)11-14/h8-9,11,17-18H,2-7,10,12-13H2,1H3. The molecule has 0 aromatic heterocycles. The van der Waals surface area contributed by atoms with Gasteiger partial charge in [-0.1, -0.05) is 25.1 Å². The molecule has 1 aromatic rings. The van der Waals surface area contributed by atoms with E-state index in [-0.39, 0.29) is 0 Å². The van der Waals surface area contributed by atoms with Gasteiger partial charge in [-0.05, 0) is 61.9 Å². The van der Waals surface area contributed by atoms with E-state index in [0.717, 1.165) is 19.1 Å². The Bertz CT molecular complexity index is 427. The molecule has 2 nitrogen and oxygen atoms in total. The zero-order chi connectivity index (χ0) is 13.1. The van der Waals surface area contributed by atoms with Crippen molar-refractivity contribution in [1.29, 1.82) is 0 Å². The number of hydrogen-bond donors (Lipinski definition) is 1. The Morgan fingerprint density at radius 3 is 3.00 bits per heavy atom. The first-order valence-electron chi connectivity index (χ1n) is 7.92. The molecule has 1 aromatic carbocycles. The molecule has 1 unspecified atom stereocenters. The molecule has 0 amide bonds. The molecule has 0 spiro atoms. The summed E-state index contributed by atoms with van der Waals surface area (Å²) in [6.45, 7) is 6.94. The van der Waals surface area contributed by atoms with Crippen LogP contribution in [0, 0.1) is 0 Å². The summed E-state index contributed by atoms with van der Waals surface area (Å²) >= 11 is 0. The van der Waals surface area contributed by atoms with Crippen molar-refractivity contribution in [3.63, 3.8) is 0 Å². The van der Waals surface area contributed by atoms with E-state index in [0.29, 0.717) is 0 Å². The summed E-state index contributed by atoms with van der Waals surface area (Å²) in [5.41, 5.74) is 4.63. The van der Waals surface area contributed by atoms with Crippen molar-refractivity contribution in [2.75, 3.05) is 19.6 Å². The number of benzene rings is 1. The first-order valence-corrected chi connectivity index (χ1v) is 7.92. The van der Waals surface area contributed by atoms with Gasteiger partial charge in [-0.15, -0.1) is 0 Å². The molecule has 3 rings (SSSR count). The highest BCUT2D eigenvalue weighted by Gasteiger charge is 2.22. The van der Waals surface area contributed by atoms with Gasteiger partial charge >= 0.3 is 0 Å². The van der Waals surface area contributed by atoms with Crippen molar-refractivity contribution in [3.05, 3.63) is 34.9 Å². The molecule has 0 radical (unpaired) electrons. The summed E-state index contributed by atoms with van der Waals surface area (Å²) in [6.07, 6.45) is 6.66. The van der Waals surface area contributed by atoms with Gasteiger partial charge in [0.15, 0.2) is 0 Å². The van der Waals surface area contributed by atoms with E-state index in [1.807, 2.05) is 0 Å². The molecule has 0 bridgehead atoms. The summed E-state index contributed by atoms with van der Waals surface area (Å²) in [5, 5.41) is 3.66. The molecular formula is C17H26N2. The molecule has 1 fully saturated rings. The first kappa shape index (κ1) is 13.1. The number of hydrogen-bond acceptors (Lipinski definition) is 2. The molecule has 19 heavy (non-hydrogen) atoms. The molecular weight excluding hydrogens is 232 g/mol. The lowest BCUT2D eigenvalue weighted by atomic mass is 10.1. The van der Waals surface area contributed by atoms with E-state index in [9.17, 15) is 0 Å². The average molecular weight is 258 g/mol. The fourth-order valence-electron chi connectivity index (χ4n) is 3.66. The number of likely N-dealkylation sites (tertiary alicyclic amines) is 1. The van der Waals surface area contributed by atoms with Crippen LogP contribution in [0.25, 0.3) is 0 Å². The average Bonchev–Trinajstić information content (AvgIpc) is 3.06. The number of nitrogens with zero attached hydrogens (tertiary/aromatic N) is 1.